The molecule has 1 unspecified atom stereocenters. The van der Waals surface area contributed by atoms with Gasteiger partial charge in [-0.2, -0.15) is 5.10 Å². The van der Waals surface area contributed by atoms with Gasteiger partial charge in [-0.15, -0.1) is 0 Å². The highest BCUT2D eigenvalue weighted by Crippen LogP contribution is 2.15. The fraction of sp³-hybridized carbons (Fsp3) is 0.438. The van der Waals surface area contributed by atoms with Crippen LogP contribution in [-0.4, -0.2) is 30.2 Å². The lowest BCUT2D eigenvalue weighted by Crippen LogP contribution is -2.30. The molecular weight excluding hydrogens is 282 g/mol. The summed E-state index contributed by atoms with van der Waals surface area (Å²) in [5, 5.41) is 6.89. The minimum absolute atomic E-state index is 0.0610. The normalized spacial score (nSPS) is 15.7. The van der Waals surface area contributed by atoms with Gasteiger partial charge < -0.3 is 10.1 Å². The first-order chi connectivity index (χ1) is 10.6. The van der Waals surface area contributed by atoms with Gasteiger partial charge in [-0.25, -0.2) is 5.43 Å². The molecule has 0 fully saturated rings. The van der Waals surface area contributed by atoms with E-state index >= 15 is 0 Å². The van der Waals surface area contributed by atoms with E-state index in [-0.39, 0.29) is 11.8 Å². The van der Waals surface area contributed by atoms with Gasteiger partial charge in [-0.3, -0.25) is 9.59 Å². The number of ether oxygens (including phenoxy) is 1. The lowest BCUT2D eigenvalue weighted by atomic mass is 10.0. The van der Waals surface area contributed by atoms with Crippen LogP contribution in [0.15, 0.2) is 29.4 Å². The van der Waals surface area contributed by atoms with Crippen LogP contribution in [0.4, 0.5) is 5.69 Å². The second kappa shape index (κ2) is 7.70. The number of benzene rings is 1. The molecule has 6 heteroatoms. The zero-order valence-corrected chi connectivity index (χ0v) is 12.9. The first kappa shape index (κ1) is 16.2. The third-order valence-corrected chi connectivity index (χ3v) is 3.42. The Hall–Kier alpha value is -2.21. The maximum atomic E-state index is 12.0. The minimum Gasteiger partial charge on any atom is -0.369 e. The van der Waals surface area contributed by atoms with Crippen molar-refractivity contribution in [2.45, 2.75) is 39.2 Å². The van der Waals surface area contributed by atoms with Gasteiger partial charge in [0.15, 0.2) is 0 Å². The number of hydrogen-bond donors (Lipinski definition) is 2. The van der Waals surface area contributed by atoms with Gasteiger partial charge in [0.1, 0.15) is 6.10 Å². The molecule has 1 aliphatic heterocycles. The van der Waals surface area contributed by atoms with Gasteiger partial charge in [0, 0.05) is 25.1 Å². The number of carbonyl (C=O) groups excluding carboxylic acids is 2. The molecule has 0 aliphatic carbocycles. The quantitative estimate of drug-likeness (QED) is 0.844. The number of hydrogen-bond acceptors (Lipinski definition) is 4. The Balaban J connectivity index is 2.00. The van der Waals surface area contributed by atoms with Crippen molar-refractivity contribution >= 4 is 23.2 Å². The molecule has 22 heavy (non-hydrogen) atoms. The summed E-state index contributed by atoms with van der Waals surface area (Å²) >= 11 is 0. The molecule has 0 aromatic heterocycles. The van der Waals surface area contributed by atoms with Gasteiger partial charge in [-0.1, -0.05) is 19.1 Å². The molecule has 1 atom stereocenters. The summed E-state index contributed by atoms with van der Waals surface area (Å²) in [6, 6.07) is 7.41. The summed E-state index contributed by atoms with van der Waals surface area (Å²) in [4.78, 5) is 23.1. The highest BCUT2D eigenvalue weighted by Gasteiger charge is 2.17. The van der Waals surface area contributed by atoms with Crippen LogP contribution < -0.4 is 10.7 Å². The Morgan fingerprint density at radius 3 is 2.59 bits per heavy atom. The number of nitrogens with one attached hydrogen (secondary N) is 2. The zero-order valence-electron chi connectivity index (χ0n) is 12.9. The molecular formula is C16H21N3O3. The van der Waals surface area contributed by atoms with Crippen LogP contribution in [0.2, 0.25) is 0 Å². The first-order valence-electron chi connectivity index (χ1n) is 7.52. The summed E-state index contributed by atoms with van der Waals surface area (Å²) in [7, 11) is 0. The average Bonchev–Trinajstić information content (AvgIpc) is 2.54. The highest BCUT2D eigenvalue weighted by atomic mass is 16.5. The number of anilines is 1. The molecule has 6 nitrogen and oxygen atoms in total. The summed E-state index contributed by atoms with van der Waals surface area (Å²) in [6.45, 7) is 4.29. The lowest BCUT2D eigenvalue weighted by Gasteiger charge is -2.15. The van der Waals surface area contributed by atoms with E-state index in [4.69, 9.17) is 4.74 Å². The van der Waals surface area contributed by atoms with Crippen molar-refractivity contribution in [2.24, 2.45) is 5.10 Å². The van der Waals surface area contributed by atoms with Crippen LogP contribution in [0.1, 0.15) is 38.7 Å². The molecule has 1 aromatic rings. The van der Waals surface area contributed by atoms with Crippen LogP contribution in [0.3, 0.4) is 0 Å². The van der Waals surface area contributed by atoms with E-state index in [2.05, 4.69) is 15.8 Å². The van der Waals surface area contributed by atoms with E-state index in [9.17, 15) is 9.59 Å². The molecule has 0 saturated heterocycles. The smallest absolute Gasteiger partial charge is 0.253 e. The minimum atomic E-state index is -0.428. The van der Waals surface area contributed by atoms with E-state index < -0.39 is 6.10 Å². The van der Waals surface area contributed by atoms with Gasteiger partial charge in [0.05, 0.1) is 5.71 Å². The van der Waals surface area contributed by atoms with Crippen LogP contribution in [0.5, 0.6) is 0 Å². The Morgan fingerprint density at radius 2 is 2.05 bits per heavy atom. The average molecular weight is 303 g/mol. The van der Waals surface area contributed by atoms with Gasteiger partial charge in [-0.05, 0) is 31.0 Å². The van der Waals surface area contributed by atoms with Gasteiger partial charge in [0.25, 0.3) is 5.91 Å². The van der Waals surface area contributed by atoms with Crippen molar-refractivity contribution in [1.29, 1.82) is 0 Å². The molecule has 0 radical (unpaired) electrons. The predicted molar refractivity (Wildman–Crippen MR) is 84.7 cm³/mol. The largest absolute Gasteiger partial charge is 0.369 e. The van der Waals surface area contributed by atoms with Crippen molar-refractivity contribution < 1.29 is 14.3 Å². The zero-order chi connectivity index (χ0) is 15.9. The van der Waals surface area contributed by atoms with Crippen molar-refractivity contribution in [1.82, 2.24) is 5.43 Å². The first-order valence-corrected chi connectivity index (χ1v) is 7.52. The summed E-state index contributed by atoms with van der Waals surface area (Å²) < 4.78 is 5.38. The van der Waals surface area contributed by atoms with E-state index in [0.29, 0.717) is 31.6 Å². The second-order valence-electron chi connectivity index (χ2n) is 5.01. The number of carbonyl (C=O) groups is 2. The summed E-state index contributed by atoms with van der Waals surface area (Å²) in [5.41, 5.74) is 4.98. The van der Waals surface area contributed by atoms with Crippen molar-refractivity contribution in [3.63, 3.8) is 0 Å². The maximum absolute atomic E-state index is 12.0. The fourth-order valence-electron chi connectivity index (χ4n) is 2.23. The van der Waals surface area contributed by atoms with Crippen LogP contribution in [0, 0.1) is 0 Å². The number of nitrogens with zero attached hydrogens (tertiary/aromatic N) is 1. The molecule has 0 saturated carbocycles. The molecule has 0 bridgehead atoms. The number of hydrazone groups is 1. The molecule has 2 N–H and O–H groups in total. The Morgan fingerprint density at radius 1 is 1.32 bits per heavy atom. The Labute approximate surface area is 129 Å². The molecule has 1 aromatic carbocycles. The summed E-state index contributed by atoms with van der Waals surface area (Å²) in [5.74, 6) is -0.200. The second-order valence-corrected chi connectivity index (χ2v) is 5.01. The molecule has 1 heterocycles. The van der Waals surface area contributed by atoms with Gasteiger partial charge in [0.2, 0.25) is 5.91 Å². The standard InChI is InChI=1S/C16H21N3O3/c1-3-14(22-4-2)16(21)17-12-7-5-11(6-8-12)13-9-10-15(20)19-18-13/h5-8,14H,3-4,9-10H2,1-2H3,(H,17,21)(H,19,20). The third-order valence-electron chi connectivity index (χ3n) is 3.42. The fourth-order valence-corrected chi connectivity index (χ4v) is 2.23. The van der Waals surface area contributed by atoms with Gasteiger partial charge >= 0.3 is 0 Å². The molecule has 118 valence electrons. The molecule has 2 amide bonds. The predicted octanol–water partition coefficient (Wildman–Crippen LogP) is 2.05. The van der Waals surface area contributed by atoms with E-state index in [1.165, 1.54) is 0 Å². The molecule has 2 rings (SSSR count). The topological polar surface area (TPSA) is 79.8 Å². The van der Waals surface area contributed by atoms with Crippen LogP contribution in [0.25, 0.3) is 0 Å². The number of rotatable bonds is 6. The molecule has 0 spiro atoms. The monoisotopic (exact) mass is 303 g/mol. The summed E-state index contributed by atoms with van der Waals surface area (Å²) in [6.07, 6.45) is 1.28. The van der Waals surface area contributed by atoms with Crippen molar-refractivity contribution in [2.75, 3.05) is 11.9 Å². The van der Waals surface area contributed by atoms with E-state index in [0.717, 1.165) is 11.3 Å². The Bertz CT molecular complexity index is 567. The number of amides is 2. The van der Waals surface area contributed by atoms with E-state index in [1.807, 2.05) is 38.1 Å². The van der Waals surface area contributed by atoms with Crippen molar-refractivity contribution in [3.05, 3.63) is 29.8 Å². The maximum Gasteiger partial charge on any atom is 0.253 e. The molecule has 1 aliphatic rings. The SMILES string of the molecule is CCOC(CC)C(=O)Nc1ccc(C2=NNC(=O)CC2)cc1. The Kier molecular flexibility index (Phi) is 5.66. The third kappa shape index (κ3) is 4.14. The van der Waals surface area contributed by atoms with E-state index in [1.54, 1.807) is 0 Å². The van der Waals surface area contributed by atoms with Crippen LogP contribution >= 0.6 is 0 Å². The van der Waals surface area contributed by atoms with Crippen molar-refractivity contribution in [3.8, 4) is 0 Å². The highest BCUT2D eigenvalue weighted by molar-refractivity contribution is 6.04. The lowest BCUT2D eigenvalue weighted by molar-refractivity contribution is -0.127. The van der Waals surface area contributed by atoms with Crippen LogP contribution in [-0.2, 0) is 14.3 Å².